The fraction of sp³-hybridized carbons (Fsp3) is 0.889. The second-order valence-corrected chi connectivity index (χ2v) is 4.08. The predicted molar refractivity (Wildman–Crippen MR) is 59.3 cm³/mol. The number of hydrazine groups is 1. The number of likely N-dealkylation sites (N-methyl/N-ethyl adjacent to an activating group) is 1. The molecule has 0 unspecified atom stereocenters. The van der Waals surface area contributed by atoms with Crippen LogP contribution in [-0.4, -0.2) is 74.1 Å². The van der Waals surface area contributed by atoms with Gasteiger partial charge in [-0.2, -0.15) is 0 Å². The number of hydrogen-bond acceptors (Lipinski definition) is 4. The molecule has 0 aromatic rings. The Kier molecular flexibility index (Phi) is 4.80. The predicted octanol–water partition coefficient (Wildman–Crippen LogP) is -1.25. The van der Waals surface area contributed by atoms with Crippen LogP contribution in [0.1, 0.15) is 0 Å². The van der Waals surface area contributed by atoms with Gasteiger partial charge in [0.25, 0.3) is 0 Å². The van der Waals surface area contributed by atoms with E-state index >= 15 is 0 Å². The molecule has 0 aromatic carbocycles. The summed E-state index contributed by atoms with van der Waals surface area (Å²) < 4.78 is 0. The number of rotatable bonds is 3. The Morgan fingerprint density at radius 3 is 2.40 bits per heavy atom. The van der Waals surface area contributed by atoms with Crippen molar-refractivity contribution in [3.63, 3.8) is 0 Å². The Labute approximate surface area is 91.0 Å². The van der Waals surface area contributed by atoms with E-state index in [0.717, 1.165) is 39.3 Å². The topological polar surface area (TPSA) is 64.8 Å². The standard InChI is InChI=1S/C9H21N5O/c1-12(2)3-4-13-5-7-14(8-6-13)9(15)11-10/h3-8,10H2,1-2H3,(H,11,15). The zero-order chi connectivity index (χ0) is 11.3. The van der Waals surface area contributed by atoms with Crippen LogP contribution in [0, 0.1) is 0 Å². The van der Waals surface area contributed by atoms with Crippen LogP contribution in [0.5, 0.6) is 0 Å². The van der Waals surface area contributed by atoms with Crippen LogP contribution in [0.2, 0.25) is 0 Å². The largest absolute Gasteiger partial charge is 0.331 e. The minimum atomic E-state index is -0.178. The molecule has 0 spiro atoms. The summed E-state index contributed by atoms with van der Waals surface area (Å²) in [6.07, 6.45) is 0. The molecule has 1 aliphatic heterocycles. The summed E-state index contributed by atoms with van der Waals surface area (Å²) in [6, 6.07) is -0.178. The van der Waals surface area contributed by atoms with Gasteiger partial charge in [0.05, 0.1) is 0 Å². The summed E-state index contributed by atoms with van der Waals surface area (Å²) >= 11 is 0. The normalized spacial score (nSPS) is 18.3. The van der Waals surface area contributed by atoms with Gasteiger partial charge in [0, 0.05) is 39.3 Å². The van der Waals surface area contributed by atoms with E-state index in [-0.39, 0.29) is 6.03 Å². The second kappa shape index (κ2) is 5.89. The van der Waals surface area contributed by atoms with Gasteiger partial charge in [-0.15, -0.1) is 0 Å². The van der Waals surface area contributed by atoms with E-state index in [0.29, 0.717) is 0 Å². The van der Waals surface area contributed by atoms with Crippen LogP contribution in [0.4, 0.5) is 4.79 Å². The van der Waals surface area contributed by atoms with Gasteiger partial charge in [-0.05, 0) is 14.1 Å². The number of hydrogen-bond donors (Lipinski definition) is 2. The van der Waals surface area contributed by atoms with E-state index in [2.05, 4.69) is 29.3 Å². The van der Waals surface area contributed by atoms with Crippen molar-refractivity contribution in [3.05, 3.63) is 0 Å². The molecule has 0 bridgehead atoms. The van der Waals surface area contributed by atoms with E-state index in [4.69, 9.17) is 5.84 Å². The molecular weight excluding hydrogens is 194 g/mol. The summed E-state index contributed by atoms with van der Waals surface area (Å²) in [7, 11) is 4.14. The van der Waals surface area contributed by atoms with Crippen molar-refractivity contribution >= 4 is 6.03 Å². The number of piperazine rings is 1. The van der Waals surface area contributed by atoms with Gasteiger partial charge in [-0.1, -0.05) is 0 Å². The average molecular weight is 215 g/mol. The van der Waals surface area contributed by atoms with Crippen molar-refractivity contribution in [2.45, 2.75) is 0 Å². The lowest BCUT2D eigenvalue weighted by Crippen LogP contribution is -2.53. The Hall–Kier alpha value is -0.850. The average Bonchev–Trinajstić information content (AvgIpc) is 2.26. The third-order valence-electron chi connectivity index (χ3n) is 2.65. The fourth-order valence-electron chi connectivity index (χ4n) is 1.61. The summed E-state index contributed by atoms with van der Waals surface area (Å²) in [5, 5.41) is 0. The molecule has 0 aliphatic carbocycles. The highest BCUT2D eigenvalue weighted by Crippen LogP contribution is 2.01. The van der Waals surface area contributed by atoms with Gasteiger partial charge in [-0.3, -0.25) is 10.3 Å². The number of nitrogens with two attached hydrogens (primary N) is 1. The molecule has 3 N–H and O–H groups in total. The first-order valence-corrected chi connectivity index (χ1v) is 5.26. The number of amides is 2. The summed E-state index contributed by atoms with van der Waals surface area (Å²) in [5.74, 6) is 5.07. The van der Waals surface area contributed by atoms with Crippen molar-refractivity contribution in [1.29, 1.82) is 0 Å². The Morgan fingerprint density at radius 1 is 1.33 bits per heavy atom. The van der Waals surface area contributed by atoms with E-state index in [9.17, 15) is 4.79 Å². The minimum Gasteiger partial charge on any atom is -0.321 e. The van der Waals surface area contributed by atoms with Gasteiger partial charge in [0.15, 0.2) is 0 Å². The summed E-state index contributed by atoms with van der Waals surface area (Å²) in [5.41, 5.74) is 2.16. The van der Waals surface area contributed by atoms with Gasteiger partial charge < -0.3 is 9.80 Å². The maximum absolute atomic E-state index is 11.2. The lowest BCUT2D eigenvalue weighted by molar-refractivity contribution is 0.133. The molecule has 1 saturated heterocycles. The SMILES string of the molecule is CN(C)CCN1CCN(C(=O)NN)CC1. The highest BCUT2D eigenvalue weighted by atomic mass is 16.2. The molecule has 15 heavy (non-hydrogen) atoms. The zero-order valence-corrected chi connectivity index (χ0v) is 9.57. The van der Waals surface area contributed by atoms with Gasteiger partial charge in [0.1, 0.15) is 0 Å². The van der Waals surface area contributed by atoms with E-state index in [1.54, 1.807) is 4.90 Å². The van der Waals surface area contributed by atoms with Crippen molar-refractivity contribution in [1.82, 2.24) is 20.1 Å². The Morgan fingerprint density at radius 2 is 1.93 bits per heavy atom. The van der Waals surface area contributed by atoms with E-state index in [1.807, 2.05) is 0 Å². The Balaban J connectivity index is 2.21. The monoisotopic (exact) mass is 215 g/mol. The van der Waals surface area contributed by atoms with Crippen LogP contribution < -0.4 is 11.3 Å². The Bertz CT molecular complexity index is 201. The third kappa shape index (κ3) is 4.03. The minimum absolute atomic E-state index is 0.178. The number of carbonyl (C=O) groups excluding carboxylic acids is 1. The van der Waals surface area contributed by atoms with E-state index < -0.39 is 0 Å². The maximum Gasteiger partial charge on any atom is 0.331 e. The molecule has 0 atom stereocenters. The second-order valence-electron chi connectivity index (χ2n) is 4.08. The van der Waals surface area contributed by atoms with Gasteiger partial charge in [-0.25, -0.2) is 10.6 Å². The number of nitrogens with one attached hydrogen (secondary N) is 1. The molecule has 1 rings (SSSR count). The van der Waals surface area contributed by atoms with Gasteiger partial charge in [0.2, 0.25) is 0 Å². The molecule has 0 aromatic heterocycles. The van der Waals surface area contributed by atoms with Crippen LogP contribution in [0.15, 0.2) is 0 Å². The van der Waals surface area contributed by atoms with Crippen LogP contribution in [-0.2, 0) is 0 Å². The molecule has 1 heterocycles. The lowest BCUT2D eigenvalue weighted by Gasteiger charge is -2.34. The van der Waals surface area contributed by atoms with E-state index in [1.165, 1.54) is 0 Å². The number of urea groups is 1. The molecule has 88 valence electrons. The summed E-state index contributed by atoms with van der Waals surface area (Å²) in [6.45, 7) is 5.50. The van der Waals surface area contributed by atoms with Crippen LogP contribution >= 0.6 is 0 Å². The highest BCUT2D eigenvalue weighted by Gasteiger charge is 2.19. The number of nitrogens with zero attached hydrogens (tertiary/aromatic N) is 3. The smallest absolute Gasteiger partial charge is 0.321 e. The lowest BCUT2D eigenvalue weighted by atomic mass is 10.3. The summed E-state index contributed by atoms with van der Waals surface area (Å²) in [4.78, 5) is 17.5. The highest BCUT2D eigenvalue weighted by molar-refractivity contribution is 5.73. The molecule has 1 fully saturated rings. The molecule has 1 aliphatic rings. The first-order valence-electron chi connectivity index (χ1n) is 5.26. The quantitative estimate of drug-likeness (QED) is 0.351. The molecule has 6 nitrogen and oxygen atoms in total. The molecule has 6 heteroatoms. The van der Waals surface area contributed by atoms with Crippen molar-refractivity contribution < 1.29 is 4.79 Å². The van der Waals surface area contributed by atoms with Crippen molar-refractivity contribution in [2.24, 2.45) is 5.84 Å². The molecule has 0 radical (unpaired) electrons. The zero-order valence-electron chi connectivity index (χ0n) is 9.57. The van der Waals surface area contributed by atoms with Gasteiger partial charge >= 0.3 is 6.03 Å². The van der Waals surface area contributed by atoms with Crippen molar-refractivity contribution in [3.8, 4) is 0 Å². The molecular formula is C9H21N5O. The third-order valence-corrected chi connectivity index (χ3v) is 2.65. The molecule has 2 amide bonds. The van der Waals surface area contributed by atoms with Crippen LogP contribution in [0.25, 0.3) is 0 Å². The van der Waals surface area contributed by atoms with Crippen LogP contribution in [0.3, 0.4) is 0 Å². The van der Waals surface area contributed by atoms with Crippen molar-refractivity contribution in [2.75, 3.05) is 53.4 Å². The number of carbonyl (C=O) groups is 1. The first kappa shape index (κ1) is 12.2. The maximum atomic E-state index is 11.2. The first-order chi connectivity index (χ1) is 7.13. The fourth-order valence-corrected chi connectivity index (χ4v) is 1.61. The molecule has 0 saturated carbocycles.